The lowest BCUT2D eigenvalue weighted by Gasteiger charge is -2.35. The zero-order valence-corrected chi connectivity index (χ0v) is 15.8. The molecule has 8 nitrogen and oxygen atoms in total. The van der Waals surface area contributed by atoms with E-state index in [-0.39, 0.29) is 10.8 Å². The Hall–Kier alpha value is -2.39. The molecule has 2 aromatic rings. The van der Waals surface area contributed by atoms with Crippen LogP contribution >= 0.6 is 0 Å². The number of anilines is 1. The van der Waals surface area contributed by atoms with Gasteiger partial charge in [0.1, 0.15) is 22.2 Å². The van der Waals surface area contributed by atoms with Crippen LogP contribution in [0.3, 0.4) is 0 Å². The Bertz CT molecular complexity index is 897. The SMILES string of the molecule is CNS(=O)(=O)c1ccc(N2CCN(C(=O)c3cc(C)oc3C)CC2)nc1. The van der Waals surface area contributed by atoms with Crippen LogP contribution in [0.15, 0.2) is 33.7 Å². The predicted molar refractivity (Wildman–Crippen MR) is 96.8 cm³/mol. The smallest absolute Gasteiger partial charge is 0.257 e. The standard InChI is InChI=1S/C17H22N4O4S/c1-12-10-15(13(2)25-12)17(22)21-8-6-20(7-9-21)16-5-4-14(11-19-16)26(23,24)18-3/h4-5,10-11,18H,6-9H2,1-3H3. The molecule has 0 radical (unpaired) electrons. The molecule has 0 atom stereocenters. The van der Waals surface area contributed by atoms with Crippen molar-refractivity contribution in [2.45, 2.75) is 18.7 Å². The molecule has 0 aromatic carbocycles. The van der Waals surface area contributed by atoms with Gasteiger partial charge in [-0.05, 0) is 39.1 Å². The summed E-state index contributed by atoms with van der Waals surface area (Å²) in [6, 6.07) is 4.99. The van der Waals surface area contributed by atoms with Gasteiger partial charge in [0.25, 0.3) is 5.91 Å². The zero-order chi connectivity index (χ0) is 18.9. The minimum Gasteiger partial charge on any atom is -0.466 e. The highest BCUT2D eigenvalue weighted by Gasteiger charge is 2.25. The van der Waals surface area contributed by atoms with Crippen molar-refractivity contribution >= 4 is 21.7 Å². The normalized spacial score (nSPS) is 15.3. The number of furan rings is 1. The van der Waals surface area contributed by atoms with Gasteiger partial charge >= 0.3 is 0 Å². The monoisotopic (exact) mass is 378 g/mol. The number of nitrogens with zero attached hydrogens (tertiary/aromatic N) is 3. The molecule has 2 aromatic heterocycles. The van der Waals surface area contributed by atoms with Crippen molar-refractivity contribution in [3.8, 4) is 0 Å². The van der Waals surface area contributed by atoms with Crippen molar-refractivity contribution in [1.82, 2.24) is 14.6 Å². The number of carbonyl (C=O) groups is 1. The molecule has 0 saturated carbocycles. The fraction of sp³-hybridized carbons (Fsp3) is 0.412. The van der Waals surface area contributed by atoms with E-state index in [1.165, 1.54) is 19.3 Å². The molecular weight excluding hydrogens is 356 g/mol. The molecule has 1 aliphatic rings. The summed E-state index contributed by atoms with van der Waals surface area (Å²) in [5.41, 5.74) is 0.607. The molecule has 0 aliphatic carbocycles. The zero-order valence-electron chi connectivity index (χ0n) is 15.0. The van der Waals surface area contributed by atoms with Crippen molar-refractivity contribution < 1.29 is 17.6 Å². The first-order chi connectivity index (χ1) is 12.3. The molecule has 9 heteroatoms. The lowest BCUT2D eigenvalue weighted by atomic mass is 10.2. The van der Waals surface area contributed by atoms with E-state index in [0.29, 0.717) is 43.3 Å². The quantitative estimate of drug-likeness (QED) is 0.858. The maximum Gasteiger partial charge on any atom is 0.257 e. The Kier molecular flexibility index (Phi) is 5.01. The van der Waals surface area contributed by atoms with Crippen LogP contribution in [0.25, 0.3) is 0 Å². The number of sulfonamides is 1. The molecular formula is C17H22N4O4S. The lowest BCUT2D eigenvalue weighted by Crippen LogP contribution is -2.49. The minimum atomic E-state index is -3.49. The van der Waals surface area contributed by atoms with Crippen LogP contribution in [0.1, 0.15) is 21.9 Å². The van der Waals surface area contributed by atoms with Gasteiger partial charge in [0.2, 0.25) is 10.0 Å². The molecule has 1 saturated heterocycles. The van der Waals surface area contributed by atoms with Gasteiger partial charge in [0.05, 0.1) is 5.56 Å². The van der Waals surface area contributed by atoms with Gasteiger partial charge in [-0.1, -0.05) is 0 Å². The minimum absolute atomic E-state index is 0.0255. The number of hydrogen-bond acceptors (Lipinski definition) is 6. The molecule has 0 bridgehead atoms. The molecule has 3 rings (SSSR count). The number of amides is 1. The van der Waals surface area contributed by atoms with Gasteiger partial charge in [0, 0.05) is 32.4 Å². The summed E-state index contributed by atoms with van der Waals surface area (Å²) >= 11 is 0. The number of hydrogen-bond donors (Lipinski definition) is 1. The largest absolute Gasteiger partial charge is 0.466 e. The van der Waals surface area contributed by atoms with E-state index in [9.17, 15) is 13.2 Å². The molecule has 1 aliphatic heterocycles. The number of pyridine rings is 1. The second-order valence-electron chi connectivity index (χ2n) is 6.17. The topological polar surface area (TPSA) is 95.8 Å². The third kappa shape index (κ3) is 3.58. The highest BCUT2D eigenvalue weighted by atomic mass is 32.2. The fourth-order valence-corrected chi connectivity index (χ4v) is 3.66. The second kappa shape index (κ2) is 7.08. The highest BCUT2D eigenvalue weighted by Crippen LogP contribution is 2.19. The summed E-state index contributed by atoms with van der Waals surface area (Å²) in [6.07, 6.45) is 1.34. The molecule has 0 spiro atoms. The fourth-order valence-electron chi connectivity index (χ4n) is 2.99. The molecule has 3 heterocycles. The van der Waals surface area contributed by atoms with Crippen LogP contribution in [-0.2, 0) is 10.0 Å². The first kappa shape index (κ1) is 18.4. The van der Waals surface area contributed by atoms with E-state index in [1.54, 1.807) is 24.0 Å². The van der Waals surface area contributed by atoms with E-state index in [4.69, 9.17) is 4.42 Å². The Morgan fingerprint density at radius 2 is 1.88 bits per heavy atom. The van der Waals surface area contributed by atoms with E-state index >= 15 is 0 Å². The summed E-state index contributed by atoms with van der Waals surface area (Å²) in [5, 5.41) is 0. The summed E-state index contributed by atoms with van der Waals surface area (Å²) in [4.78, 5) is 20.8. The van der Waals surface area contributed by atoms with Gasteiger partial charge in [0.15, 0.2) is 0 Å². The summed E-state index contributed by atoms with van der Waals surface area (Å²) < 4.78 is 31.2. The van der Waals surface area contributed by atoms with Crippen molar-refractivity contribution in [3.05, 3.63) is 41.5 Å². The van der Waals surface area contributed by atoms with Crippen LogP contribution in [0, 0.1) is 13.8 Å². The van der Waals surface area contributed by atoms with Crippen molar-refractivity contribution in [3.63, 3.8) is 0 Å². The highest BCUT2D eigenvalue weighted by molar-refractivity contribution is 7.89. The molecule has 1 fully saturated rings. The van der Waals surface area contributed by atoms with Crippen LogP contribution in [0.4, 0.5) is 5.82 Å². The molecule has 26 heavy (non-hydrogen) atoms. The Labute approximate surface area is 152 Å². The van der Waals surface area contributed by atoms with Crippen LogP contribution in [-0.4, -0.2) is 57.4 Å². The first-order valence-corrected chi connectivity index (χ1v) is 9.81. The first-order valence-electron chi connectivity index (χ1n) is 8.32. The average molecular weight is 378 g/mol. The number of rotatable bonds is 4. The number of carbonyl (C=O) groups excluding carboxylic acids is 1. The van der Waals surface area contributed by atoms with E-state index in [1.807, 2.05) is 11.8 Å². The van der Waals surface area contributed by atoms with Gasteiger partial charge in [-0.2, -0.15) is 0 Å². The van der Waals surface area contributed by atoms with Gasteiger partial charge in [-0.3, -0.25) is 4.79 Å². The van der Waals surface area contributed by atoms with Crippen molar-refractivity contribution in [1.29, 1.82) is 0 Å². The van der Waals surface area contributed by atoms with Crippen molar-refractivity contribution in [2.24, 2.45) is 0 Å². The Morgan fingerprint density at radius 1 is 1.19 bits per heavy atom. The number of aromatic nitrogens is 1. The maximum atomic E-state index is 12.6. The molecule has 0 unspecified atom stereocenters. The summed E-state index contributed by atoms with van der Waals surface area (Å²) in [6.45, 7) is 6.02. The third-order valence-corrected chi connectivity index (χ3v) is 5.86. The lowest BCUT2D eigenvalue weighted by molar-refractivity contribution is 0.0744. The Balaban J connectivity index is 1.65. The maximum absolute atomic E-state index is 12.6. The number of aryl methyl sites for hydroxylation is 2. The average Bonchev–Trinajstić information content (AvgIpc) is 2.99. The molecule has 140 valence electrons. The second-order valence-corrected chi connectivity index (χ2v) is 8.05. The number of nitrogens with one attached hydrogen (secondary N) is 1. The van der Waals surface area contributed by atoms with E-state index in [2.05, 4.69) is 9.71 Å². The van der Waals surface area contributed by atoms with E-state index in [0.717, 1.165) is 5.76 Å². The van der Waals surface area contributed by atoms with Crippen molar-refractivity contribution in [2.75, 3.05) is 38.1 Å². The Morgan fingerprint density at radius 3 is 2.38 bits per heavy atom. The molecule has 1 N–H and O–H groups in total. The van der Waals surface area contributed by atoms with Gasteiger partial charge < -0.3 is 14.2 Å². The van der Waals surface area contributed by atoms with Crippen LogP contribution < -0.4 is 9.62 Å². The summed E-state index contributed by atoms with van der Waals surface area (Å²) in [5.74, 6) is 2.04. The predicted octanol–water partition coefficient (Wildman–Crippen LogP) is 1.16. The van der Waals surface area contributed by atoms with Gasteiger partial charge in [-0.15, -0.1) is 0 Å². The van der Waals surface area contributed by atoms with E-state index < -0.39 is 10.0 Å². The van der Waals surface area contributed by atoms with Crippen LogP contribution in [0.2, 0.25) is 0 Å². The number of piperazine rings is 1. The van der Waals surface area contributed by atoms with Crippen LogP contribution in [0.5, 0.6) is 0 Å². The van der Waals surface area contributed by atoms with Gasteiger partial charge in [-0.25, -0.2) is 18.1 Å². The third-order valence-electron chi connectivity index (χ3n) is 4.46. The summed E-state index contributed by atoms with van der Waals surface area (Å²) in [7, 11) is -2.13. The molecule has 1 amide bonds.